The largest absolute Gasteiger partial charge is 0.394 e. The van der Waals surface area contributed by atoms with Crippen LogP contribution in [0.2, 0.25) is 0 Å². The molecule has 2 amide bonds. The van der Waals surface area contributed by atoms with Crippen molar-refractivity contribution in [1.82, 2.24) is 10.6 Å². The fourth-order valence-electron chi connectivity index (χ4n) is 7.84. The van der Waals surface area contributed by atoms with Gasteiger partial charge in [-0.15, -0.1) is 0 Å². The lowest BCUT2D eigenvalue weighted by Crippen LogP contribution is -2.70. The van der Waals surface area contributed by atoms with Crippen LogP contribution in [-0.2, 0) is 52.2 Å². The molecule has 0 saturated carbocycles. The van der Waals surface area contributed by atoms with Crippen LogP contribution < -0.4 is 10.6 Å². The number of amides is 2. The Kier molecular flexibility index (Phi) is 18.1. The van der Waals surface area contributed by atoms with Gasteiger partial charge in [-0.1, -0.05) is 0 Å². The molecular formula is C34H58N2O26. The van der Waals surface area contributed by atoms with E-state index in [2.05, 4.69) is 10.6 Å². The van der Waals surface area contributed by atoms with Gasteiger partial charge in [0.15, 0.2) is 31.5 Å². The van der Waals surface area contributed by atoms with Crippen molar-refractivity contribution in [2.24, 2.45) is 0 Å². The third-order valence-corrected chi connectivity index (χ3v) is 11.1. The van der Waals surface area contributed by atoms with Crippen LogP contribution in [0, 0.1) is 0 Å². The third kappa shape index (κ3) is 10.8. The summed E-state index contributed by atoms with van der Waals surface area (Å²) >= 11 is 0. The van der Waals surface area contributed by atoms with Crippen molar-refractivity contribution in [2.45, 2.75) is 167 Å². The molecule has 0 aromatic carbocycles. The number of aliphatic hydroxyl groups is 15. The van der Waals surface area contributed by atoms with E-state index in [1.807, 2.05) is 0 Å². The summed E-state index contributed by atoms with van der Waals surface area (Å²) in [7, 11) is 0. The molecule has 0 unspecified atom stereocenters. The van der Waals surface area contributed by atoms with Gasteiger partial charge in [-0.3, -0.25) is 9.59 Å². The molecule has 5 aliphatic heterocycles. The molecule has 0 aliphatic carbocycles. The Hall–Kier alpha value is -2.02. The molecule has 25 atom stereocenters. The van der Waals surface area contributed by atoms with Crippen LogP contribution in [0.3, 0.4) is 0 Å². The van der Waals surface area contributed by atoms with Gasteiger partial charge in [-0.25, -0.2) is 0 Å². The summed E-state index contributed by atoms with van der Waals surface area (Å²) in [6, 6.07) is -3.20. The van der Waals surface area contributed by atoms with Crippen LogP contribution in [0.5, 0.6) is 0 Å². The molecule has 0 bridgehead atoms. The number of ether oxygens (including phenoxy) is 9. The summed E-state index contributed by atoms with van der Waals surface area (Å²) in [6.45, 7) is -2.49. The van der Waals surface area contributed by atoms with E-state index >= 15 is 0 Å². The molecule has 0 aromatic heterocycles. The normalized spacial score (nSPS) is 49.0. The maximum atomic E-state index is 12.5. The quantitative estimate of drug-likeness (QED) is 0.0725. The van der Waals surface area contributed by atoms with Crippen LogP contribution in [0.15, 0.2) is 0 Å². The van der Waals surface area contributed by atoms with Gasteiger partial charge >= 0.3 is 0 Å². The lowest BCUT2D eigenvalue weighted by atomic mass is 9.94. The lowest BCUT2D eigenvalue weighted by Gasteiger charge is -2.50. The Morgan fingerprint density at radius 3 is 1.16 bits per heavy atom. The summed E-state index contributed by atoms with van der Waals surface area (Å²) in [5, 5.41) is 163. The maximum absolute atomic E-state index is 12.5. The van der Waals surface area contributed by atoms with Crippen LogP contribution in [0.1, 0.15) is 13.8 Å². The monoisotopic (exact) mass is 910 g/mol. The molecule has 360 valence electrons. The first-order valence-electron chi connectivity index (χ1n) is 19.6. The number of rotatable bonds is 15. The second kappa shape index (κ2) is 22.0. The minimum Gasteiger partial charge on any atom is -0.394 e. The Bertz CT molecular complexity index is 1440. The predicted molar refractivity (Wildman–Crippen MR) is 190 cm³/mol. The fraction of sp³-hybridized carbons (Fsp3) is 0.941. The highest BCUT2D eigenvalue weighted by atomic mass is 16.8. The number of hydrogen-bond acceptors (Lipinski definition) is 26. The summed E-state index contributed by atoms with van der Waals surface area (Å²) < 4.78 is 50.8. The van der Waals surface area contributed by atoms with E-state index in [9.17, 15) is 86.2 Å². The molecule has 17 N–H and O–H groups in total. The zero-order chi connectivity index (χ0) is 45.9. The van der Waals surface area contributed by atoms with Gasteiger partial charge in [0.25, 0.3) is 0 Å². The number of aliphatic hydroxyl groups excluding tert-OH is 15. The maximum Gasteiger partial charge on any atom is 0.217 e. The van der Waals surface area contributed by atoms with E-state index in [0.29, 0.717) is 0 Å². The van der Waals surface area contributed by atoms with Crippen molar-refractivity contribution in [3.8, 4) is 0 Å². The second-order valence-corrected chi connectivity index (χ2v) is 15.4. The average molecular weight is 911 g/mol. The Morgan fingerprint density at radius 1 is 0.387 bits per heavy atom. The molecule has 5 rings (SSSR count). The van der Waals surface area contributed by atoms with Gasteiger partial charge < -0.3 is 130 Å². The van der Waals surface area contributed by atoms with Crippen LogP contribution >= 0.6 is 0 Å². The van der Waals surface area contributed by atoms with Gasteiger partial charge in [-0.2, -0.15) is 0 Å². The number of carbonyl (C=O) groups excluding carboxylic acids is 2. The standard InChI is InChI=1S/C34H58N2O26/c1-8(42)35-15-19(46)17(44)10(3-37)55-31(15)59-27-13(6-40)58-34(25(52)22(27)49)62-29-16(36-9(2)43)32(56-11(4-38)18(29)45)60-28-14(7-41)57-33(24(51)21(28)48)61-26-12(5-39)54-30(53)23(50)20(26)47/h10-34,37-41,44-53H,3-7H2,1-2H3,(H,35,42)(H,36,43)/t10-,11-,12-,13-,14-,15-,16-,17+,18+,19-,20-,21-,22-,23-,24-,25-,26-,27+,28+,29-,30-,31+,32+,33+,34+/m1/s1. The highest BCUT2D eigenvalue weighted by Crippen LogP contribution is 2.35. The molecular weight excluding hydrogens is 852 g/mol. The molecule has 62 heavy (non-hydrogen) atoms. The van der Waals surface area contributed by atoms with Crippen molar-refractivity contribution in [1.29, 1.82) is 0 Å². The zero-order valence-electron chi connectivity index (χ0n) is 33.2. The van der Waals surface area contributed by atoms with Crippen molar-refractivity contribution >= 4 is 11.8 Å². The van der Waals surface area contributed by atoms with E-state index in [4.69, 9.17) is 42.6 Å². The molecule has 0 radical (unpaired) electrons. The van der Waals surface area contributed by atoms with Crippen molar-refractivity contribution < 1.29 is 129 Å². The minimum atomic E-state index is -2.14. The molecule has 5 saturated heterocycles. The molecule has 5 heterocycles. The zero-order valence-corrected chi connectivity index (χ0v) is 33.2. The second-order valence-electron chi connectivity index (χ2n) is 15.4. The Labute approximate surface area is 351 Å². The highest BCUT2D eigenvalue weighted by Gasteiger charge is 2.57. The fourth-order valence-corrected chi connectivity index (χ4v) is 7.84. The first-order valence-corrected chi connectivity index (χ1v) is 19.6. The number of hydrogen-bond donors (Lipinski definition) is 17. The van der Waals surface area contributed by atoms with E-state index in [1.54, 1.807) is 0 Å². The van der Waals surface area contributed by atoms with E-state index in [1.165, 1.54) is 0 Å². The van der Waals surface area contributed by atoms with Gasteiger partial charge in [0, 0.05) is 13.8 Å². The van der Waals surface area contributed by atoms with E-state index < -0.39 is 198 Å². The van der Waals surface area contributed by atoms with E-state index in [-0.39, 0.29) is 0 Å². The topological polar surface area (TPSA) is 445 Å². The molecule has 0 spiro atoms. The Morgan fingerprint density at radius 2 is 0.726 bits per heavy atom. The van der Waals surface area contributed by atoms with E-state index in [0.717, 1.165) is 13.8 Å². The van der Waals surface area contributed by atoms with Crippen LogP contribution in [-0.4, -0.2) is 275 Å². The number of nitrogens with one attached hydrogen (secondary N) is 2. The van der Waals surface area contributed by atoms with Crippen molar-refractivity contribution in [2.75, 3.05) is 33.0 Å². The van der Waals surface area contributed by atoms with Gasteiger partial charge in [0.05, 0.1) is 33.0 Å². The first kappa shape index (κ1) is 51.0. The smallest absolute Gasteiger partial charge is 0.217 e. The van der Waals surface area contributed by atoms with Crippen molar-refractivity contribution in [3.05, 3.63) is 0 Å². The van der Waals surface area contributed by atoms with Crippen molar-refractivity contribution in [3.63, 3.8) is 0 Å². The summed E-state index contributed by atoms with van der Waals surface area (Å²) in [6.07, 6.45) is -41.9. The van der Waals surface area contributed by atoms with Gasteiger partial charge in [0.2, 0.25) is 11.8 Å². The summed E-state index contributed by atoms with van der Waals surface area (Å²) in [4.78, 5) is 24.5. The van der Waals surface area contributed by atoms with Crippen LogP contribution in [0.4, 0.5) is 0 Å². The lowest BCUT2D eigenvalue weighted by molar-refractivity contribution is -0.382. The summed E-state index contributed by atoms with van der Waals surface area (Å²) in [5.74, 6) is -1.53. The number of carbonyl (C=O) groups is 2. The third-order valence-electron chi connectivity index (χ3n) is 11.1. The molecule has 28 heteroatoms. The summed E-state index contributed by atoms with van der Waals surface area (Å²) in [5.41, 5.74) is 0. The minimum absolute atomic E-state index is 0.709. The molecule has 5 aliphatic rings. The highest BCUT2D eigenvalue weighted by molar-refractivity contribution is 5.73. The van der Waals surface area contributed by atoms with Gasteiger partial charge in [0.1, 0.15) is 122 Å². The molecule has 0 aromatic rings. The SMILES string of the molecule is CC(=O)N[C@H]1[C@H](O[C@@H]2[C@H](O)[C@@H](O)[C@H](O[C@H]3[C@@H](O)[C@@H](CO)O[C@@H](O[C@@H]4[C@H](O)[C@@H](O)[C@H](O[C@H]5[C@H](O)[C@@H](O)[C@H](O)O[C@@H]5CO)O[C@@H]4CO)[C@@H]3NC(C)=O)O[C@@H]2CO)O[C@H](CO)[C@H](O)[C@@H]1O. The predicted octanol–water partition coefficient (Wildman–Crippen LogP) is -11.6. The average Bonchev–Trinajstić information content (AvgIpc) is 3.24. The first-order chi connectivity index (χ1) is 29.3. The van der Waals surface area contributed by atoms with Crippen LogP contribution in [0.25, 0.3) is 0 Å². The molecule has 28 nitrogen and oxygen atoms in total. The Balaban J connectivity index is 1.35. The molecule has 5 fully saturated rings. The van der Waals surface area contributed by atoms with Gasteiger partial charge in [-0.05, 0) is 0 Å².